The number of aryl methyl sites for hydroxylation is 1. The molecule has 1 aromatic rings. The molecule has 3 rings (SSSR count). The van der Waals surface area contributed by atoms with Gasteiger partial charge in [-0.1, -0.05) is 12.1 Å². The summed E-state index contributed by atoms with van der Waals surface area (Å²) in [7, 11) is 0. The molecule has 0 radical (unpaired) electrons. The standard InChI is InChI=1S/C20H29N3O2/c1-4-21(5-2)18(24)20(9-10-20)19(25)23-13-11-22(12-14-23)17-8-6-7-16(3)15-17/h6-8,15H,4-5,9-14H2,1-3H3. The summed E-state index contributed by atoms with van der Waals surface area (Å²) in [5.41, 5.74) is 1.71. The molecule has 1 aliphatic carbocycles. The summed E-state index contributed by atoms with van der Waals surface area (Å²) in [5, 5.41) is 0. The van der Waals surface area contributed by atoms with Crippen LogP contribution in [0.1, 0.15) is 32.3 Å². The topological polar surface area (TPSA) is 43.9 Å². The third-order valence-electron chi connectivity index (χ3n) is 5.55. The molecule has 0 bridgehead atoms. The number of nitrogens with zero attached hydrogens (tertiary/aromatic N) is 3. The number of hydrogen-bond donors (Lipinski definition) is 0. The molecule has 1 saturated carbocycles. The molecule has 0 spiro atoms. The van der Waals surface area contributed by atoms with Crippen molar-refractivity contribution in [3.05, 3.63) is 29.8 Å². The highest BCUT2D eigenvalue weighted by Gasteiger charge is 2.59. The minimum atomic E-state index is -0.752. The summed E-state index contributed by atoms with van der Waals surface area (Å²) in [6.07, 6.45) is 1.42. The second kappa shape index (κ2) is 7.06. The lowest BCUT2D eigenvalue weighted by molar-refractivity contribution is -0.149. The van der Waals surface area contributed by atoms with Crippen molar-refractivity contribution in [2.45, 2.75) is 33.6 Å². The van der Waals surface area contributed by atoms with Gasteiger partial charge in [-0.25, -0.2) is 0 Å². The van der Waals surface area contributed by atoms with Crippen molar-refractivity contribution in [2.75, 3.05) is 44.2 Å². The molecule has 0 N–H and O–H groups in total. The minimum absolute atomic E-state index is 0.0311. The first-order valence-electron chi connectivity index (χ1n) is 9.42. The smallest absolute Gasteiger partial charge is 0.238 e. The third-order valence-corrected chi connectivity index (χ3v) is 5.55. The van der Waals surface area contributed by atoms with Gasteiger partial charge in [-0.15, -0.1) is 0 Å². The van der Waals surface area contributed by atoms with Crippen LogP contribution in [0.2, 0.25) is 0 Å². The van der Waals surface area contributed by atoms with Crippen molar-refractivity contribution in [3.8, 4) is 0 Å². The van der Waals surface area contributed by atoms with E-state index in [4.69, 9.17) is 0 Å². The van der Waals surface area contributed by atoms with E-state index in [0.29, 0.717) is 39.0 Å². The van der Waals surface area contributed by atoms with Crippen LogP contribution in [0.3, 0.4) is 0 Å². The van der Waals surface area contributed by atoms with E-state index in [-0.39, 0.29) is 11.8 Å². The van der Waals surface area contributed by atoms with Gasteiger partial charge in [-0.2, -0.15) is 0 Å². The number of piperazine rings is 1. The van der Waals surface area contributed by atoms with Crippen molar-refractivity contribution in [2.24, 2.45) is 5.41 Å². The van der Waals surface area contributed by atoms with Gasteiger partial charge in [0.05, 0.1) is 0 Å². The predicted molar refractivity (Wildman–Crippen MR) is 99.6 cm³/mol. The Labute approximate surface area is 150 Å². The molecule has 1 saturated heterocycles. The molecule has 0 unspecified atom stereocenters. The minimum Gasteiger partial charge on any atom is -0.368 e. The first-order valence-corrected chi connectivity index (χ1v) is 9.42. The molecule has 0 atom stereocenters. The molecule has 1 heterocycles. The summed E-state index contributed by atoms with van der Waals surface area (Å²) >= 11 is 0. The van der Waals surface area contributed by atoms with Crippen LogP contribution in [0.15, 0.2) is 24.3 Å². The second-order valence-electron chi connectivity index (χ2n) is 7.18. The van der Waals surface area contributed by atoms with Crippen LogP contribution >= 0.6 is 0 Å². The van der Waals surface area contributed by atoms with Gasteiger partial charge < -0.3 is 14.7 Å². The highest BCUT2D eigenvalue weighted by Crippen LogP contribution is 2.49. The number of carbonyl (C=O) groups is 2. The number of amides is 2. The average molecular weight is 343 g/mol. The maximum atomic E-state index is 13.0. The van der Waals surface area contributed by atoms with Crippen molar-refractivity contribution in [1.29, 1.82) is 0 Å². The molecule has 25 heavy (non-hydrogen) atoms. The van der Waals surface area contributed by atoms with E-state index in [1.54, 1.807) is 4.90 Å². The molecule has 1 aliphatic heterocycles. The van der Waals surface area contributed by atoms with E-state index in [0.717, 1.165) is 13.1 Å². The Balaban J connectivity index is 1.63. The van der Waals surface area contributed by atoms with E-state index < -0.39 is 5.41 Å². The van der Waals surface area contributed by atoms with Crippen LogP contribution in [-0.2, 0) is 9.59 Å². The Hall–Kier alpha value is -2.04. The Kier molecular flexibility index (Phi) is 5.02. The summed E-state index contributed by atoms with van der Waals surface area (Å²) < 4.78 is 0. The number of anilines is 1. The number of benzene rings is 1. The lowest BCUT2D eigenvalue weighted by Gasteiger charge is -2.38. The fourth-order valence-electron chi connectivity index (χ4n) is 3.75. The fourth-order valence-corrected chi connectivity index (χ4v) is 3.75. The largest absolute Gasteiger partial charge is 0.368 e. The van der Waals surface area contributed by atoms with Gasteiger partial charge >= 0.3 is 0 Å². The molecule has 136 valence electrons. The fraction of sp³-hybridized carbons (Fsp3) is 0.600. The highest BCUT2D eigenvalue weighted by molar-refractivity contribution is 6.07. The Morgan fingerprint density at radius 2 is 1.72 bits per heavy atom. The molecular formula is C20H29N3O2. The molecule has 5 nitrogen and oxygen atoms in total. The van der Waals surface area contributed by atoms with Crippen LogP contribution in [0.25, 0.3) is 0 Å². The summed E-state index contributed by atoms with van der Waals surface area (Å²) in [5.74, 6) is 0.0805. The van der Waals surface area contributed by atoms with Gasteiger partial charge in [0.2, 0.25) is 11.8 Å². The van der Waals surface area contributed by atoms with E-state index >= 15 is 0 Å². The van der Waals surface area contributed by atoms with Crippen molar-refractivity contribution >= 4 is 17.5 Å². The summed E-state index contributed by atoms with van der Waals surface area (Å²) in [6.45, 7) is 10.4. The summed E-state index contributed by atoms with van der Waals surface area (Å²) in [4.78, 5) is 31.8. The summed E-state index contributed by atoms with van der Waals surface area (Å²) in [6, 6.07) is 8.48. The molecular weight excluding hydrogens is 314 g/mol. The van der Waals surface area contributed by atoms with E-state index in [9.17, 15) is 9.59 Å². The quantitative estimate of drug-likeness (QED) is 0.771. The molecule has 5 heteroatoms. The van der Waals surface area contributed by atoms with Gasteiger partial charge in [-0.05, 0) is 51.3 Å². The van der Waals surface area contributed by atoms with Crippen molar-refractivity contribution < 1.29 is 9.59 Å². The van der Waals surface area contributed by atoms with Crippen molar-refractivity contribution in [1.82, 2.24) is 9.80 Å². The third kappa shape index (κ3) is 3.37. The molecule has 0 aromatic heterocycles. The lowest BCUT2D eigenvalue weighted by Crippen LogP contribution is -2.53. The van der Waals surface area contributed by atoms with Gasteiger partial charge in [0.15, 0.2) is 0 Å². The first-order chi connectivity index (χ1) is 12.0. The Morgan fingerprint density at radius 3 is 2.24 bits per heavy atom. The molecule has 2 fully saturated rings. The maximum Gasteiger partial charge on any atom is 0.238 e. The van der Waals surface area contributed by atoms with Gasteiger partial charge in [0, 0.05) is 45.0 Å². The average Bonchev–Trinajstić information content (AvgIpc) is 3.44. The van der Waals surface area contributed by atoms with Crippen molar-refractivity contribution in [3.63, 3.8) is 0 Å². The second-order valence-corrected chi connectivity index (χ2v) is 7.18. The van der Waals surface area contributed by atoms with Crippen LogP contribution < -0.4 is 4.90 Å². The first kappa shape index (κ1) is 17.8. The van der Waals surface area contributed by atoms with Gasteiger partial charge in [0.1, 0.15) is 5.41 Å². The maximum absolute atomic E-state index is 13.0. The molecule has 2 amide bonds. The van der Waals surface area contributed by atoms with E-state index in [1.165, 1.54) is 11.3 Å². The van der Waals surface area contributed by atoms with Crippen LogP contribution in [0.4, 0.5) is 5.69 Å². The van der Waals surface area contributed by atoms with Gasteiger partial charge in [0.25, 0.3) is 0 Å². The molecule has 1 aromatic carbocycles. The Morgan fingerprint density at radius 1 is 1.08 bits per heavy atom. The zero-order valence-corrected chi connectivity index (χ0v) is 15.6. The zero-order valence-electron chi connectivity index (χ0n) is 15.6. The SMILES string of the molecule is CCN(CC)C(=O)C1(C(=O)N2CCN(c3cccc(C)c3)CC2)CC1. The molecule has 2 aliphatic rings. The zero-order chi connectivity index (χ0) is 18.0. The number of rotatable bonds is 5. The normalized spacial score (nSPS) is 18.8. The predicted octanol–water partition coefficient (Wildman–Crippen LogP) is 2.29. The van der Waals surface area contributed by atoms with E-state index in [1.807, 2.05) is 18.7 Å². The Bertz CT molecular complexity index is 642. The lowest BCUT2D eigenvalue weighted by atomic mass is 10.0. The highest BCUT2D eigenvalue weighted by atomic mass is 16.2. The van der Waals surface area contributed by atoms with Crippen LogP contribution in [-0.4, -0.2) is 60.9 Å². The monoisotopic (exact) mass is 343 g/mol. The van der Waals surface area contributed by atoms with Gasteiger partial charge in [-0.3, -0.25) is 9.59 Å². The van der Waals surface area contributed by atoms with Crippen LogP contribution in [0, 0.1) is 12.3 Å². The number of hydrogen-bond acceptors (Lipinski definition) is 3. The van der Waals surface area contributed by atoms with Crippen LogP contribution in [0.5, 0.6) is 0 Å². The number of carbonyl (C=O) groups excluding carboxylic acids is 2. The van der Waals surface area contributed by atoms with E-state index in [2.05, 4.69) is 36.1 Å².